The van der Waals surface area contributed by atoms with Crippen molar-refractivity contribution in [2.75, 3.05) is 26.2 Å². The number of rotatable bonds is 7. The first-order valence-electron chi connectivity index (χ1n) is 7.63. The van der Waals surface area contributed by atoms with Gasteiger partial charge < -0.3 is 5.32 Å². The number of nitrogens with one attached hydrogen (secondary N) is 1. The highest BCUT2D eigenvalue weighted by Gasteiger charge is 2.20. The van der Waals surface area contributed by atoms with Gasteiger partial charge in [-0.05, 0) is 51.4 Å². The first kappa shape index (κ1) is 14.5. The van der Waals surface area contributed by atoms with E-state index < -0.39 is 0 Å². The minimum absolute atomic E-state index is 0.852. The van der Waals surface area contributed by atoms with Crippen LogP contribution in [0.4, 0.5) is 0 Å². The van der Waals surface area contributed by atoms with Gasteiger partial charge in [0.1, 0.15) is 12.2 Å². The fraction of sp³-hybridized carbons (Fsp3) is 0.857. The molecule has 19 heavy (non-hydrogen) atoms. The molecular formula is C14H27N5. The monoisotopic (exact) mass is 265 g/mol. The van der Waals surface area contributed by atoms with Crippen LogP contribution >= 0.6 is 0 Å². The Bertz CT molecular complexity index is 354. The summed E-state index contributed by atoms with van der Waals surface area (Å²) in [6.07, 6.45) is 5.40. The fourth-order valence-electron chi connectivity index (χ4n) is 2.71. The lowest BCUT2D eigenvalue weighted by molar-refractivity contribution is 0.170. The van der Waals surface area contributed by atoms with E-state index in [1.165, 1.54) is 32.5 Å². The largest absolute Gasteiger partial charge is 0.317 e. The molecule has 0 radical (unpaired) electrons. The maximum Gasteiger partial charge on any atom is 0.141 e. The van der Waals surface area contributed by atoms with Gasteiger partial charge in [0, 0.05) is 6.54 Å². The van der Waals surface area contributed by atoms with Crippen molar-refractivity contribution in [2.24, 2.45) is 5.92 Å². The van der Waals surface area contributed by atoms with E-state index in [0.717, 1.165) is 37.8 Å². The summed E-state index contributed by atoms with van der Waals surface area (Å²) in [5.74, 6) is 1.97. The van der Waals surface area contributed by atoms with Gasteiger partial charge >= 0.3 is 0 Å². The predicted octanol–water partition coefficient (Wildman–Crippen LogP) is 1.51. The first-order valence-corrected chi connectivity index (χ1v) is 7.63. The molecular weight excluding hydrogens is 238 g/mol. The highest BCUT2D eigenvalue weighted by Crippen LogP contribution is 2.17. The van der Waals surface area contributed by atoms with Crippen molar-refractivity contribution < 1.29 is 0 Å². The number of hydrogen-bond acceptors (Lipinski definition) is 4. The number of piperidine rings is 1. The van der Waals surface area contributed by atoms with Gasteiger partial charge in [0.2, 0.25) is 0 Å². The van der Waals surface area contributed by atoms with E-state index in [1.54, 1.807) is 6.33 Å². The van der Waals surface area contributed by atoms with Gasteiger partial charge in [-0.3, -0.25) is 4.90 Å². The van der Waals surface area contributed by atoms with Crippen LogP contribution in [0.25, 0.3) is 0 Å². The summed E-state index contributed by atoms with van der Waals surface area (Å²) in [6.45, 7) is 10.9. The van der Waals surface area contributed by atoms with Crippen molar-refractivity contribution in [2.45, 2.75) is 46.2 Å². The second-order valence-corrected chi connectivity index (χ2v) is 5.43. The third-order valence-electron chi connectivity index (χ3n) is 3.89. The lowest BCUT2D eigenvalue weighted by Gasteiger charge is -2.31. The fourth-order valence-corrected chi connectivity index (χ4v) is 2.71. The summed E-state index contributed by atoms with van der Waals surface area (Å²) in [4.78, 5) is 6.91. The summed E-state index contributed by atoms with van der Waals surface area (Å²) < 4.78 is 2.05. The van der Waals surface area contributed by atoms with Crippen LogP contribution in [0.2, 0.25) is 0 Å². The number of aromatic nitrogens is 3. The number of nitrogens with zero attached hydrogens (tertiary/aromatic N) is 4. The van der Waals surface area contributed by atoms with Crippen LogP contribution in [0.1, 0.15) is 38.9 Å². The maximum absolute atomic E-state index is 4.40. The van der Waals surface area contributed by atoms with E-state index in [4.69, 9.17) is 0 Å². The van der Waals surface area contributed by atoms with Gasteiger partial charge in [-0.25, -0.2) is 9.67 Å². The molecule has 1 aliphatic rings. The minimum atomic E-state index is 0.852. The molecule has 1 aromatic heterocycles. The SMILES string of the molecule is CCCn1ncnc1CN1CCC(CNCC)CC1. The number of likely N-dealkylation sites (tertiary alicyclic amines) is 1. The molecule has 1 saturated heterocycles. The summed E-state index contributed by atoms with van der Waals surface area (Å²) in [5, 5.41) is 7.76. The van der Waals surface area contributed by atoms with Gasteiger partial charge in [0.25, 0.3) is 0 Å². The summed E-state index contributed by atoms with van der Waals surface area (Å²) in [6, 6.07) is 0. The Kier molecular flexibility index (Phi) is 5.79. The maximum atomic E-state index is 4.40. The van der Waals surface area contributed by atoms with Gasteiger partial charge in [-0.2, -0.15) is 5.10 Å². The Labute approximate surface area is 116 Å². The molecule has 0 saturated carbocycles. The molecule has 0 amide bonds. The van der Waals surface area contributed by atoms with Crippen molar-refractivity contribution in [1.82, 2.24) is 25.0 Å². The third-order valence-corrected chi connectivity index (χ3v) is 3.89. The third kappa shape index (κ3) is 4.28. The van der Waals surface area contributed by atoms with Crippen molar-refractivity contribution >= 4 is 0 Å². The molecule has 0 unspecified atom stereocenters. The van der Waals surface area contributed by atoms with E-state index >= 15 is 0 Å². The average molecular weight is 265 g/mol. The van der Waals surface area contributed by atoms with Crippen LogP contribution in [-0.2, 0) is 13.1 Å². The Balaban J connectivity index is 1.77. The smallest absolute Gasteiger partial charge is 0.141 e. The van der Waals surface area contributed by atoms with Gasteiger partial charge in [-0.15, -0.1) is 0 Å². The molecule has 0 aromatic carbocycles. The van der Waals surface area contributed by atoms with E-state index in [0.29, 0.717) is 0 Å². The zero-order valence-electron chi connectivity index (χ0n) is 12.3. The van der Waals surface area contributed by atoms with E-state index in [1.807, 2.05) is 4.68 Å². The van der Waals surface area contributed by atoms with E-state index in [9.17, 15) is 0 Å². The highest BCUT2D eigenvalue weighted by atomic mass is 15.3. The van der Waals surface area contributed by atoms with Crippen molar-refractivity contribution in [3.63, 3.8) is 0 Å². The highest BCUT2D eigenvalue weighted by molar-refractivity contribution is 4.86. The van der Waals surface area contributed by atoms with Crippen molar-refractivity contribution in [3.05, 3.63) is 12.2 Å². The average Bonchev–Trinajstić information content (AvgIpc) is 2.86. The van der Waals surface area contributed by atoms with Crippen molar-refractivity contribution in [3.8, 4) is 0 Å². The normalized spacial score (nSPS) is 18.0. The Morgan fingerprint density at radius 3 is 2.79 bits per heavy atom. The molecule has 0 spiro atoms. The van der Waals surface area contributed by atoms with Gasteiger partial charge in [-0.1, -0.05) is 13.8 Å². The van der Waals surface area contributed by atoms with E-state index in [2.05, 4.69) is 34.1 Å². The Morgan fingerprint density at radius 2 is 2.11 bits per heavy atom. The first-order chi connectivity index (χ1) is 9.33. The van der Waals surface area contributed by atoms with Gasteiger partial charge in [0.15, 0.2) is 0 Å². The van der Waals surface area contributed by atoms with Crippen LogP contribution in [0.5, 0.6) is 0 Å². The molecule has 2 heterocycles. The molecule has 1 fully saturated rings. The topological polar surface area (TPSA) is 46.0 Å². The zero-order chi connectivity index (χ0) is 13.5. The van der Waals surface area contributed by atoms with Crippen molar-refractivity contribution in [1.29, 1.82) is 0 Å². The van der Waals surface area contributed by atoms with Crippen LogP contribution in [0, 0.1) is 5.92 Å². The second kappa shape index (κ2) is 7.60. The summed E-state index contributed by atoms with van der Waals surface area (Å²) in [5.41, 5.74) is 0. The molecule has 5 nitrogen and oxygen atoms in total. The molecule has 5 heteroatoms. The van der Waals surface area contributed by atoms with Crippen LogP contribution in [0.3, 0.4) is 0 Å². The predicted molar refractivity (Wildman–Crippen MR) is 76.9 cm³/mol. The molecule has 0 atom stereocenters. The number of aryl methyl sites for hydroxylation is 1. The van der Waals surface area contributed by atoms with E-state index in [-0.39, 0.29) is 0 Å². The molecule has 1 aromatic rings. The molecule has 2 rings (SSSR count). The minimum Gasteiger partial charge on any atom is -0.317 e. The number of hydrogen-bond donors (Lipinski definition) is 1. The molecule has 0 bridgehead atoms. The lowest BCUT2D eigenvalue weighted by atomic mass is 9.97. The summed E-state index contributed by atoms with van der Waals surface area (Å²) >= 11 is 0. The Morgan fingerprint density at radius 1 is 1.32 bits per heavy atom. The zero-order valence-corrected chi connectivity index (χ0v) is 12.3. The molecule has 1 aliphatic heterocycles. The molecule has 0 aliphatic carbocycles. The second-order valence-electron chi connectivity index (χ2n) is 5.43. The Hall–Kier alpha value is -0.940. The quantitative estimate of drug-likeness (QED) is 0.812. The van der Waals surface area contributed by atoms with Gasteiger partial charge in [0.05, 0.1) is 6.54 Å². The molecule has 108 valence electrons. The molecule has 1 N–H and O–H groups in total. The standard InChI is InChI=1S/C14H27N5/c1-3-7-19-14(16-12-17-19)11-18-8-5-13(6-9-18)10-15-4-2/h12-13,15H,3-11H2,1-2H3. The van der Waals surface area contributed by atoms with Crippen LogP contribution in [0.15, 0.2) is 6.33 Å². The summed E-state index contributed by atoms with van der Waals surface area (Å²) in [7, 11) is 0. The van der Waals surface area contributed by atoms with Crippen LogP contribution in [-0.4, -0.2) is 45.8 Å². The lowest BCUT2D eigenvalue weighted by Crippen LogP contribution is -2.37. The van der Waals surface area contributed by atoms with Crippen LogP contribution < -0.4 is 5.32 Å².